The Hall–Kier alpha value is -0.610. The molecule has 0 saturated carbocycles. The summed E-state index contributed by atoms with van der Waals surface area (Å²) in [5.74, 6) is -0.0269. The van der Waals surface area contributed by atoms with Crippen molar-refractivity contribution in [3.8, 4) is 0 Å². The van der Waals surface area contributed by atoms with Crippen molar-refractivity contribution < 1.29 is 9.90 Å². The van der Waals surface area contributed by atoms with Crippen LogP contribution in [0.2, 0.25) is 0 Å². The fourth-order valence-corrected chi connectivity index (χ4v) is 0.631. The van der Waals surface area contributed by atoms with Gasteiger partial charge in [0.25, 0.3) is 0 Å². The number of aliphatic hydroxyl groups excluding tert-OH is 1. The molecule has 0 saturated heterocycles. The summed E-state index contributed by atoms with van der Waals surface area (Å²) in [5, 5.41) is 14.1. The van der Waals surface area contributed by atoms with E-state index >= 15 is 0 Å². The minimum absolute atomic E-state index is 0.00864. The zero-order chi connectivity index (χ0) is 8.69. The molecule has 0 aromatic rings. The molecule has 1 amide bonds. The third kappa shape index (κ3) is 5.82. The Morgan fingerprint density at radius 3 is 2.73 bits per heavy atom. The van der Waals surface area contributed by atoms with Crippen molar-refractivity contribution in [2.24, 2.45) is 0 Å². The highest BCUT2D eigenvalue weighted by Gasteiger charge is 2.03. The van der Waals surface area contributed by atoms with Gasteiger partial charge < -0.3 is 15.7 Å². The normalized spacial score (nSPS) is 12.6. The zero-order valence-electron chi connectivity index (χ0n) is 7.05. The van der Waals surface area contributed by atoms with Crippen LogP contribution in [0.15, 0.2) is 0 Å². The van der Waals surface area contributed by atoms with Crippen molar-refractivity contribution >= 4 is 5.91 Å². The molecule has 0 aromatic carbocycles. The minimum atomic E-state index is -0.139. The molecule has 66 valence electrons. The summed E-state index contributed by atoms with van der Waals surface area (Å²) in [6, 6.07) is -0.139. The van der Waals surface area contributed by atoms with Gasteiger partial charge in [-0.05, 0) is 14.0 Å². The first-order chi connectivity index (χ1) is 5.20. The second-order valence-corrected chi connectivity index (χ2v) is 2.50. The summed E-state index contributed by atoms with van der Waals surface area (Å²) in [6.45, 7) is 2.42. The van der Waals surface area contributed by atoms with E-state index in [1.54, 1.807) is 14.0 Å². The molecule has 0 aliphatic rings. The van der Waals surface area contributed by atoms with Gasteiger partial charge >= 0.3 is 0 Å². The second-order valence-electron chi connectivity index (χ2n) is 2.50. The molecule has 3 N–H and O–H groups in total. The lowest BCUT2D eigenvalue weighted by atomic mass is 10.3. The van der Waals surface area contributed by atoms with Crippen molar-refractivity contribution in [3.63, 3.8) is 0 Å². The Bertz CT molecular complexity index is 117. The number of aliphatic hydroxyl groups is 1. The van der Waals surface area contributed by atoms with E-state index in [-0.39, 0.29) is 18.6 Å². The van der Waals surface area contributed by atoms with Crippen LogP contribution in [0, 0.1) is 0 Å². The Morgan fingerprint density at radius 2 is 2.27 bits per heavy atom. The van der Waals surface area contributed by atoms with Gasteiger partial charge in [0.15, 0.2) is 0 Å². The van der Waals surface area contributed by atoms with Crippen LogP contribution in [-0.4, -0.2) is 37.3 Å². The molecule has 0 aliphatic carbocycles. The SMILES string of the molecule is CNCCC(=O)NC(C)CO. The van der Waals surface area contributed by atoms with Gasteiger partial charge in [0.1, 0.15) is 0 Å². The van der Waals surface area contributed by atoms with Crippen LogP contribution in [0.3, 0.4) is 0 Å². The van der Waals surface area contributed by atoms with E-state index in [0.717, 1.165) is 0 Å². The van der Waals surface area contributed by atoms with Gasteiger partial charge in [-0.2, -0.15) is 0 Å². The molecule has 0 bridgehead atoms. The molecule has 0 radical (unpaired) electrons. The van der Waals surface area contributed by atoms with Crippen molar-refractivity contribution in [1.29, 1.82) is 0 Å². The number of amides is 1. The van der Waals surface area contributed by atoms with Crippen LogP contribution in [-0.2, 0) is 4.79 Å². The van der Waals surface area contributed by atoms with Gasteiger partial charge in [0.2, 0.25) is 5.91 Å². The van der Waals surface area contributed by atoms with Gasteiger partial charge in [-0.1, -0.05) is 0 Å². The summed E-state index contributed by atoms with van der Waals surface area (Å²) >= 11 is 0. The van der Waals surface area contributed by atoms with Crippen molar-refractivity contribution in [2.75, 3.05) is 20.2 Å². The number of nitrogens with one attached hydrogen (secondary N) is 2. The number of carbonyl (C=O) groups excluding carboxylic acids is 1. The molecule has 0 heterocycles. The van der Waals surface area contributed by atoms with Crippen molar-refractivity contribution in [2.45, 2.75) is 19.4 Å². The molecular weight excluding hydrogens is 144 g/mol. The molecule has 1 unspecified atom stereocenters. The lowest BCUT2D eigenvalue weighted by molar-refractivity contribution is -0.121. The molecule has 0 spiro atoms. The predicted octanol–water partition coefficient (Wildman–Crippen LogP) is -0.907. The molecule has 0 fully saturated rings. The van der Waals surface area contributed by atoms with Crippen LogP contribution < -0.4 is 10.6 Å². The number of carbonyl (C=O) groups is 1. The molecule has 0 aliphatic heterocycles. The van der Waals surface area contributed by atoms with Crippen LogP contribution in [0.4, 0.5) is 0 Å². The summed E-state index contributed by atoms with van der Waals surface area (Å²) in [6.07, 6.45) is 0.459. The maximum absolute atomic E-state index is 10.9. The topological polar surface area (TPSA) is 61.4 Å². The highest BCUT2D eigenvalue weighted by Crippen LogP contribution is 1.81. The monoisotopic (exact) mass is 160 g/mol. The number of hydrogen-bond donors (Lipinski definition) is 3. The quantitative estimate of drug-likeness (QED) is 0.488. The van der Waals surface area contributed by atoms with E-state index in [1.165, 1.54) is 0 Å². The first kappa shape index (κ1) is 10.4. The van der Waals surface area contributed by atoms with Gasteiger partial charge in [0.05, 0.1) is 6.61 Å². The third-order valence-corrected chi connectivity index (χ3v) is 1.28. The maximum Gasteiger partial charge on any atom is 0.221 e. The van der Waals surface area contributed by atoms with Crippen LogP contribution >= 0.6 is 0 Å². The average molecular weight is 160 g/mol. The summed E-state index contributed by atoms with van der Waals surface area (Å²) in [5.41, 5.74) is 0. The summed E-state index contributed by atoms with van der Waals surface area (Å²) < 4.78 is 0. The van der Waals surface area contributed by atoms with E-state index in [0.29, 0.717) is 13.0 Å². The van der Waals surface area contributed by atoms with Crippen molar-refractivity contribution in [3.05, 3.63) is 0 Å². The van der Waals surface area contributed by atoms with Crippen LogP contribution in [0.1, 0.15) is 13.3 Å². The lowest BCUT2D eigenvalue weighted by Gasteiger charge is -2.09. The van der Waals surface area contributed by atoms with Crippen molar-refractivity contribution in [1.82, 2.24) is 10.6 Å². The van der Waals surface area contributed by atoms with E-state index in [2.05, 4.69) is 10.6 Å². The Kier molecular flexibility index (Phi) is 5.78. The smallest absolute Gasteiger partial charge is 0.221 e. The first-order valence-corrected chi connectivity index (χ1v) is 3.75. The maximum atomic E-state index is 10.9. The standard InChI is InChI=1S/C7H16N2O2/c1-6(5-10)9-7(11)3-4-8-2/h6,8,10H,3-5H2,1-2H3,(H,9,11). The first-order valence-electron chi connectivity index (χ1n) is 3.75. The fraction of sp³-hybridized carbons (Fsp3) is 0.857. The van der Waals surface area contributed by atoms with Crippen LogP contribution in [0.5, 0.6) is 0 Å². The molecule has 4 heteroatoms. The van der Waals surface area contributed by atoms with Gasteiger partial charge in [-0.15, -0.1) is 0 Å². The summed E-state index contributed by atoms with van der Waals surface area (Å²) in [7, 11) is 1.79. The Morgan fingerprint density at radius 1 is 1.64 bits per heavy atom. The van der Waals surface area contributed by atoms with E-state index in [1.807, 2.05) is 0 Å². The van der Waals surface area contributed by atoms with Gasteiger partial charge in [-0.3, -0.25) is 4.79 Å². The number of hydrogen-bond acceptors (Lipinski definition) is 3. The highest BCUT2D eigenvalue weighted by molar-refractivity contribution is 5.76. The van der Waals surface area contributed by atoms with E-state index < -0.39 is 0 Å². The molecular formula is C7H16N2O2. The molecule has 4 nitrogen and oxygen atoms in total. The largest absolute Gasteiger partial charge is 0.394 e. The van der Waals surface area contributed by atoms with Gasteiger partial charge in [0, 0.05) is 19.0 Å². The zero-order valence-corrected chi connectivity index (χ0v) is 7.05. The molecule has 0 rings (SSSR count). The van der Waals surface area contributed by atoms with Gasteiger partial charge in [-0.25, -0.2) is 0 Å². The highest BCUT2D eigenvalue weighted by atomic mass is 16.3. The fourth-order valence-electron chi connectivity index (χ4n) is 0.631. The molecule has 11 heavy (non-hydrogen) atoms. The van der Waals surface area contributed by atoms with Crippen LogP contribution in [0.25, 0.3) is 0 Å². The minimum Gasteiger partial charge on any atom is -0.394 e. The summed E-state index contributed by atoms with van der Waals surface area (Å²) in [4.78, 5) is 10.9. The lowest BCUT2D eigenvalue weighted by Crippen LogP contribution is -2.36. The third-order valence-electron chi connectivity index (χ3n) is 1.28. The Balaban J connectivity index is 3.36. The number of rotatable bonds is 5. The second kappa shape index (κ2) is 6.12. The predicted molar refractivity (Wildman–Crippen MR) is 43.2 cm³/mol. The average Bonchev–Trinajstić information content (AvgIpc) is 2.00. The molecule has 0 aromatic heterocycles. The molecule has 1 atom stereocenters. The Labute approximate surface area is 67.0 Å². The van der Waals surface area contributed by atoms with E-state index in [9.17, 15) is 4.79 Å². The van der Waals surface area contributed by atoms with E-state index in [4.69, 9.17) is 5.11 Å².